The first-order valence-corrected chi connectivity index (χ1v) is 8.95. The highest BCUT2D eigenvalue weighted by Crippen LogP contribution is 2.50. The number of benzene rings is 1. The minimum absolute atomic E-state index is 0.552. The Labute approximate surface area is 131 Å². The number of piperidine rings is 1. The first-order valence-electron chi connectivity index (χ1n) is 8.16. The standard InChI is InChI=1S/C18H26BrN/c1-14-4-3-8-18(9-7-14)10-11-20-13-17(18)15-5-2-6-16(19)12-15/h2,5-6,12,14,17,20H,3-4,7-11,13H2,1H3. The Morgan fingerprint density at radius 1 is 1.20 bits per heavy atom. The summed E-state index contributed by atoms with van der Waals surface area (Å²) in [5, 5.41) is 3.64. The van der Waals surface area contributed by atoms with Crippen LogP contribution >= 0.6 is 15.9 Å². The summed E-state index contributed by atoms with van der Waals surface area (Å²) in [6.45, 7) is 4.80. The fourth-order valence-electron chi connectivity index (χ4n) is 4.37. The van der Waals surface area contributed by atoms with E-state index in [0.29, 0.717) is 11.3 Å². The Morgan fingerprint density at radius 3 is 2.95 bits per heavy atom. The smallest absolute Gasteiger partial charge is 0.0178 e. The second kappa shape index (κ2) is 6.19. The van der Waals surface area contributed by atoms with Crippen molar-refractivity contribution in [2.45, 2.75) is 51.4 Å². The second-order valence-electron chi connectivity index (χ2n) is 6.96. The van der Waals surface area contributed by atoms with Gasteiger partial charge in [0.05, 0.1) is 0 Å². The molecule has 1 spiro atoms. The van der Waals surface area contributed by atoms with Crippen LogP contribution in [0.3, 0.4) is 0 Å². The molecule has 1 heterocycles. The fraction of sp³-hybridized carbons (Fsp3) is 0.667. The van der Waals surface area contributed by atoms with Gasteiger partial charge in [0.1, 0.15) is 0 Å². The van der Waals surface area contributed by atoms with Crippen LogP contribution < -0.4 is 5.32 Å². The predicted octanol–water partition coefficient (Wildman–Crippen LogP) is 5.11. The van der Waals surface area contributed by atoms with Crippen molar-refractivity contribution in [3.05, 3.63) is 34.3 Å². The van der Waals surface area contributed by atoms with E-state index in [1.54, 1.807) is 0 Å². The molecule has 1 aliphatic carbocycles. The number of hydrogen-bond acceptors (Lipinski definition) is 1. The third-order valence-corrected chi connectivity index (χ3v) is 6.14. The quantitative estimate of drug-likeness (QED) is 0.751. The van der Waals surface area contributed by atoms with Gasteiger partial charge in [0, 0.05) is 16.9 Å². The van der Waals surface area contributed by atoms with E-state index in [9.17, 15) is 0 Å². The van der Waals surface area contributed by atoms with Crippen molar-refractivity contribution < 1.29 is 0 Å². The molecule has 1 saturated heterocycles. The van der Waals surface area contributed by atoms with Crippen LogP contribution in [0.4, 0.5) is 0 Å². The van der Waals surface area contributed by atoms with Crippen molar-refractivity contribution >= 4 is 15.9 Å². The normalized spacial score (nSPS) is 34.9. The summed E-state index contributed by atoms with van der Waals surface area (Å²) in [4.78, 5) is 0. The molecule has 0 radical (unpaired) electrons. The number of rotatable bonds is 1. The molecule has 0 amide bonds. The Balaban J connectivity index is 1.90. The van der Waals surface area contributed by atoms with E-state index >= 15 is 0 Å². The summed E-state index contributed by atoms with van der Waals surface area (Å²) in [6, 6.07) is 9.01. The molecule has 110 valence electrons. The summed E-state index contributed by atoms with van der Waals surface area (Å²) in [7, 11) is 0. The molecule has 2 fully saturated rings. The molecule has 3 atom stereocenters. The van der Waals surface area contributed by atoms with Crippen molar-refractivity contribution in [2.24, 2.45) is 11.3 Å². The van der Waals surface area contributed by atoms with Gasteiger partial charge in [0.2, 0.25) is 0 Å². The van der Waals surface area contributed by atoms with E-state index in [2.05, 4.69) is 52.4 Å². The summed E-state index contributed by atoms with van der Waals surface area (Å²) >= 11 is 3.65. The zero-order chi connectivity index (χ0) is 14.0. The second-order valence-corrected chi connectivity index (χ2v) is 7.88. The molecule has 2 aliphatic rings. The molecule has 20 heavy (non-hydrogen) atoms. The van der Waals surface area contributed by atoms with Gasteiger partial charge < -0.3 is 5.32 Å². The van der Waals surface area contributed by atoms with Crippen molar-refractivity contribution in [1.29, 1.82) is 0 Å². The van der Waals surface area contributed by atoms with Crippen molar-refractivity contribution in [1.82, 2.24) is 5.32 Å². The van der Waals surface area contributed by atoms with Gasteiger partial charge in [-0.05, 0) is 54.8 Å². The van der Waals surface area contributed by atoms with Crippen molar-refractivity contribution in [2.75, 3.05) is 13.1 Å². The van der Waals surface area contributed by atoms with Gasteiger partial charge in [-0.15, -0.1) is 0 Å². The Morgan fingerprint density at radius 2 is 2.10 bits per heavy atom. The molecular weight excluding hydrogens is 310 g/mol. The van der Waals surface area contributed by atoms with E-state index in [1.165, 1.54) is 55.1 Å². The van der Waals surface area contributed by atoms with Gasteiger partial charge in [-0.25, -0.2) is 0 Å². The van der Waals surface area contributed by atoms with E-state index in [-0.39, 0.29) is 0 Å². The number of hydrogen-bond donors (Lipinski definition) is 1. The van der Waals surface area contributed by atoms with Crippen LogP contribution in [0.2, 0.25) is 0 Å². The summed E-state index contributed by atoms with van der Waals surface area (Å²) in [6.07, 6.45) is 8.48. The van der Waals surface area contributed by atoms with Gasteiger partial charge in [0.25, 0.3) is 0 Å². The zero-order valence-corrected chi connectivity index (χ0v) is 14.1. The molecule has 3 rings (SSSR count). The first-order chi connectivity index (χ1) is 9.70. The lowest BCUT2D eigenvalue weighted by atomic mass is 9.63. The van der Waals surface area contributed by atoms with Gasteiger partial charge in [-0.1, -0.05) is 54.2 Å². The molecule has 1 aliphatic heterocycles. The highest BCUT2D eigenvalue weighted by atomic mass is 79.9. The minimum atomic E-state index is 0.552. The zero-order valence-electron chi connectivity index (χ0n) is 12.5. The van der Waals surface area contributed by atoms with Gasteiger partial charge >= 0.3 is 0 Å². The highest BCUT2D eigenvalue weighted by molar-refractivity contribution is 9.10. The molecule has 2 heteroatoms. The molecule has 3 unspecified atom stereocenters. The number of nitrogens with one attached hydrogen (secondary N) is 1. The van der Waals surface area contributed by atoms with Crippen LogP contribution in [0.5, 0.6) is 0 Å². The molecule has 0 aromatic heterocycles. The Hall–Kier alpha value is -0.340. The van der Waals surface area contributed by atoms with Crippen molar-refractivity contribution in [3.63, 3.8) is 0 Å². The largest absolute Gasteiger partial charge is 0.316 e. The lowest BCUT2D eigenvalue weighted by molar-refractivity contribution is 0.135. The van der Waals surface area contributed by atoms with E-state index in [0.717, 1.165) is 12.5 Å². The number of halogens is 1. The van der Waals surface area contributed by atoms with Crippen LogP contribution in [-0.4, -0.2) is 13.1 Å². The first kappa shape index (κ1) is 14.6. The molecule has 1 N–H and O–H groups in total. The average molecular weight is 336 g/mol. The molecule has 1 aromatic carbocycles. The topological polar surface area (TPSA) is 12.0 Å². The van der Waals surface area contributed by atoms with E-state index < -0.39 is 0 Å². The summed E-state index contributed by atoms with van der Waals surface area (Å²) in [5.74, 6) is 1.62. The summed E-state index contributed by atoms with van der Waals surface area (Å²) < 4.78 is 1.22. The van der Waals surface area contributed by atoms with Gasteiger partial charge in [-0.2, -0.15) is 0 Å². The maximum Gasteiger partial charge on any atom is 0.0178 e. The fourth-order valence-corrected chi connectivity index (χ4v) is 4.79. The van der Waals surface area contributed by atoms with Crippen LogP contribution in [0, 0.1) is 11.3 Å². The lowest BCUT2D eigenvalue weighted by Gasteiger charge is -2.45. The minimum Gasteiger partial charge on any atom is -0.316 e. The third kappa shape index (κ3) is 2.96. The van der Waals surface area contributed by atoms with E-state index in [1.807, 2.05) is 0 Å². The Bertz CT molecular complexity index is 458. The molecule has 1 aromatic rings. The maximum absolute atomic E-state index is 3.65. The van der Waals surface area contributed by atoms with Crippen LogP contribution in [0.1, 0.15) is 56.9 Å². The van der Waals surface area contributed by atoms with E-state index in [4.69, 9.17) is 0 Å². The molecule has 1 nitrogen and oxygen atoms in total. The summed E-state index contributed by atoms with van der Waals surface area (Å²) in [5.41, 5.74) is 2.08. The molecule has 1 saturated carbocycles. The van der Waals surface area contributed by atoms with Gasteiger partial charge in [0.15, 0.2) is 0 Å². The molecule has 0 bridgehead atoms. The molecular formula is C18H26BrN. The lowest BCUT2D eigenvalue weighted by Crippen LogP contribution is -2.43. The Kier molecular flexibility index (Phi) is 4.52. The van der Waals surface area contributed by atoms with Gasteiger partial charge in [-0.3, -0.25) is 0 Å². The van der Waals surface area contributed by atoms with Crippen LogP contribution in [-0.2, 0) is 0 Å². The average Bonchev–Trinajstić information content (AvgIpc) is 2.63. The maximum atomic E-state index is 3.65. The van der Waals surface area contributed by atoms with Crippen LogP contribution in [0.15, 0.2) is 28.7 Å². The SMILES string of the molecule is CC1CCCC2(CCNCC2c2cccc(Br)c2)CC1. The predicted molar refractivity (Wildman–Crippen MR) is 89.1 cm³/mol. The third-order valence-electron chi connectivity index (χ3n) is 5.64. The highest BCUT2D eigenvalue weighted by Gasteiger charge is 2.41. The van der Waals surface area contributed by atoms with Crippen LogP contribution in [0.25, 0.3) is 0 Å². The monoisotopic (exact) mass is 335 g/mol. The van der Waals surface area contributed by atoms with Crippen molar-refractivity contribution in [3.8, 4) is 0 Å².